The van der Waals surface area contributed by atoms with Crippen molar-refractivity contribution in [1.29, 1.82) is 0 Å². The second-order valence-electron chi connectivity index (χ2n) is 6.12. The summed E-state index contributed by atoms with van der Waals surface area (Å²) >= 11 is 0. The molecule has 0 saturated carbocycles. The molecule has 1 saturated heterocycles. The van der Waals surface area contributed by atoms with Crippen LogP contribution in [0, 0.1) is 11.8 Å². The second kappa shape index (κ2) is 9.08. The van der Waals surface area contributed by atoms with Gasteiger partial charge in [0.1, 0.15) is 0 Å². The molecule has 1 aliphatic rings. The van der Waals surface area contributed by atoms with Gasteiger partial charge in [-0.05, 0) is 37.8 Å². The first kappa shape index (κ1) is 18.9. The maximum Gasteiger partial charge on any atom is 0.281 e. The molecule has 0 aromatic heterocycles. The number of nitrogens with zero attached hydrogens (tertiary/aromatic N) is 2. The molecule has 0 aromatic rings. The highest BCUT2D eigenvalue weighted by molar-refractivity contribution is 7.86. The Morgan fingerprint density at radius 3 is 2.33 bits per heavy atom. The molecule has 0 radical (unpaired) electrons. The van der Waals surface area contributed by atoms with E-state index in [9.17, 15) is 8.42 Å². The van der Waals surface area contributed by atoms with Crippen LogP contribution in [0.4, 0.5) is 0 Å². The van der Waals surface area contributed by atoms with Crippen molar-refractivity contribution < 1.29 is 8.42 Å². The molecule has 1 aliphatic heterocycles. The first-order valence-electron chi connectivity index (χ1n) is 8.41. The monoisotopic (exact) mass is 319 g/mol. The average molecular weight is 320 g/mol. The van der Waals surface area contributed by atoms with Crippen LogP contribution in [-0.2, 0) is 10.2 Å². The molecule has 0 spiro atoms. The van der Waals surface area contributed by atoms with E-state index in [1.54, 1.807) is 8.61 Å². The fraction of sp³-hybridized carbons (Fsp3) is 1.00. The van der Waals surface area contributed by atoms with Crippen molar-refractivity contribution in [1.82, 2.24) is 13.9 Å². The Morgan fingerprint density at radius 1 is 1.24 bits per heavy atom. The van der Waals surface area contributed by atoms with Crippen LogP contribution < -0.4 is 5.32 Å². The molecular formula is C15H33N3O2S. The Morgan fingerprint density at radius 2 is 1.86 bits per heavy atom. The summed E-state index contributed by atoms with van der Waals surface area (Å²) in [5, 5.41) is 3.36. The third-order valence-corrected chi connectivity index (χ3v) is 6.55. The number of hydrogen-bond acceptors (Lipinski definition) is 3. The second-order valence-corrected chi connectivity index (χ2v) is 8.05. The van der Waals surface area contributed by atoms with Crippen LogP contribution in [0.3, 0.4) is 0 Å². The molecule has 1 rings (SSSR count). The molecule has 126 valence electrons. The van der Waals surface area contributed by atoms with E-state index in [1.807, 2.05) is 6.92 Å². The fourth-order valence-corrected chi connectivity index (χ4v) is 4.49. The van der Waals surface area contributed by atoms with Gasteiger partial charge >= 0.3 is 0 Å². The van der Waals surface area contributed by atoms with E-state index in [1.165, 1.54) is 0 Å². The third kappa shape index (κ3) is 5.51. The molecule has 0 amide bonds. The van der Waals surface area contributed by atoms with Crippen molar-refractivity contribution in [2.45, 2.75) is 47.0 Å². The van der Waals surface area contributed by atoms with Gasteiger partial charge in [0, 0.05) is 26.2 Å². The Balaban J connectivity index is 2.58. The lowest BCUT2D eigenvalue weighted by atomic mass is 9.98. The largest absolute Gasteiger partial charge is 0.317 e. The van der Waals surface area contributed by atoms with Crippen LogP contribution in [0.15, 0.2) is 0 Å². The van der Waals surface area contributed by atoms with Crippen LogP contribution >= 0.6 is 0 Å². The van der Waals surface area contributed by atoms with Crippen molar-refractivity contribution in [2.24, 2.45) is 11.8 Å². The van der Waals surface area contributed by atoms with Gasteiger partial charge in [-0.3, -0.25) is 0 Å². The Hall–Kier alpha value is -0.170. The Bertz CT molecular complexity index is 378. The van der Waals surface area contributed by atoms with E-state index < -0.39 is 10.2 Å². The summed E-state index contributed by atoms with van der Waals surface area (Å²) in [7, 11) is -3.28. The average Bonchev–Trinajstić information content (AvgIpc) is 2.50. The fourth-order valence-electron chi connectivity index (χ4n) is 2.72. The first-order chi connectivity index (χ1) is 9.95. The molecule has 0 aliphatic carbocycles. The van der Waals surface area contributed by atoms with Gasteiger partial charge in [0.15, 0.2) is 0 Å². The Kier molecular flexibility index (Phi) is 8.16. The van der Waals surface area contributed by atoms with Crippen molar-refractivity contribution in [2.75, 3.05) is 39.3 Å². The molecule has 6 heteroatoms. The van der Waals surface area contributed by atoms with Gasteiger partial charge in [-0.25, -0.2) is 0 Å². The molecule has 1 atom stereocenters. The lowest BCUT2D eigenvalue weighted by Crippen LogP contribution is -2.49. The van der Waals surface area contributed by atoms with Gasteiger partial charge in [0.25, 0.3) is 10.2 Å². The molecule has 21 heavy (non-hydrogen) atoms. The Labute approximate surface area is 131 Å². The quantitative estimate of drug-likeness (QED) is 0.706. The topological polar surface area (TPSA) is 52.7 Å². The van der Waals surface area contributed by atoms with Crippen molar-refractivity contribution >= 4 is 10.2 Å². The van der Waals surface area contributed by atoms with Gasteiger partial charge in [0.05, 0.1) is 0 Å². The summed E-state index contributed by atoms with van der Waals surface area (Å²) < 4.78 is 28.8. The zero-order valence-corrected chi connectivity index (χ0v) is 15.0. The highest BCUT2D eigenvalue weighted by atomic mass is 32.2. The van der Waals surface area contributed by atoms with E-state index in [-0.39, 0.29) is 0 Å². The standard InChI is InChI=1S/C15H33N3O2S/c1-5-14(4)13-17(7-3)21(19,20)18-10-8-15(9-11-18)12-16-6-2/h14-16H,5-13H2,1-4H3. The van der Waals surface area contributed by atoms with Crippen LogP contribution in [0.5, 0.6) is 0 Å². The van der Waals surface area contributed by atoms with Crippen LogP contribution in [0.1, 0.15) is 47.0 Å². The number of hydrogen-bond donors (Lipinski definition) is 1. The van der Waals surface area contributed by atoms with Crippen molar-refractivity contribution in [3.05, 3.63) is 0 Å². The van der Waals surface area contributed by atoms with Gasteiger partial charge in [0.2, 0.25) is 0 Å². The summed E-state index contributed by atoms with van der Waals surface area (Å²) in [6, 6.07) is 0. The molecule has 5 nitrogen and oxygen atoms in total. The number of piperidine rings is 1. The van der Waals surface area contributed by atoms with Crippen LogP contribution in [-0.4, -0.2) is 56.3 Å². The van der Waals surface area contributed by atoms with Gasteiger partial charge in [-0.2, -0.15) is 17.0 Å². The van der Waals surface area contributed by atoms with Gasteiger partial charge < -0.3 is 5.32 Å². The zero-order valence-electron chi connectivity index (χ0n) is 14.1. The number of rotatable bonds is 9. The smallest absolute Gasteiger partial charge is 0.281 e. The highest BCUT2D eigenvalue weighted by Gasteiger charge is 2.32. The molecule has 1 N–H and O–H groups in total. The molecule has 1 heterocycles. The van der Waals surface area contributed by atoms with Crippen molar-refractivity contribution in [3.8, 4) is 0 Å². The minimum absolute atomic E-state index is 0.408. The minimum Gasteiger partial charge on any atom is -0.317 e. The normalized spacial score (nSPS) is 20.0. The van der Waals surface area contributed by atoms with E-state index in [0.717, 1.165) is 32.4 Å². The molecular weight excluding hydrogens is 286 g/mol. The van der Waals surface area contributed by atoms with Crippen LogP contribution in [0.25, 0.3) is 0 Å². The molecule has 1 unspecified atom stereocenters. The number of nitrogens with one attached hydrogen (secondary N) is 1. The van der Waals surface area contributed by atoms with E-state index in [0.29, 0.717) is 38.0 Å². The molecule has 0 aromatic carbocycles. The summed E-state index contributed by atoms with van der Waals surface area (Å²) in [5.74, 6) is 1.02. The summed E-state index contributed by atoms with van der Waals surface area (Å²) in [6.45, 7) is 12.8. The summed E-state index contributed by atoms with van der Waals surface area (Å²) in [4.78, 5) is 0. The van der Waals surface area contributed by atoms with Crippen molar-refractivity contribution in [3.63, 3.8) is 0 Å². The maximum atomic E-state index is 12.7. The summed E-state index contributed by atoms with van der Waals surface area (Å²) in [5.41, 5.74) is 0. The lowest BCUT2D eigenvalue weighted by Gasteiger charge is -2.35. The zero-order chi connectivity index (χ0) is 15.9. The third-order valence-electron chi connectivity index (χ3n) is 4.47. The van der Waals surface area contributed by atoms with E-state index in [4.69, 9.17) is 0 Å². The lowest BCUT2D eigenvalue weighted by molar-refractivity contribution is 0.245. The van der Waals surface area contributed by atoms with Gasteiger partial charge in [-0.15, -0.1) is 0 Å². The maximum absolute atomic E-state index is 12.7. The minimum atomic E-state index is -3.28. The van der Waals surface area contributed by atoms with E-state index in [2.05, 4.69) is 26.1 Å². The SMILES string of the molecule is CCNCC1CCN(S(=O)(=O)N(CC)CC(C)CC)CC1. The predicted octanol–water partition coefficient (Wildman–Crippen LogP) is 1.92. The first-order valence-corrected chi connectivity index (χ1v) is 9.81. The van der Waals surface area contributed by atoms with Gasteiger partial charge in [-0.1, -0.05) is 34.1 Å². The molecule has 0 bridgehead atoms. The van der Waals surface area contributed by atoms with E-state index >= 15 is 0 Å². The summed E-state index contributed by atoms with van der Waals surface area (Å²) in [6.07, 6.45) is 2.94. The molecule has 1 fully saturated rings. The predicted molar refractivity (Wildman–Crippen MR) is 88.5 cm³/mol. The van der Waals surface area contributed by atoms with Crippen LogP contribution in [0.2, 0.25) is 0 Å². The highest BCUT2D eigenvalue weighted by Crippen LogP contribution is 2.21.